The highest BCUT2D eigenvalue weighted by Crippen LogP contribution is 2.58. The third-order valence-corrected chi connectivity index (χ3v) is 11.7. The summed E-state index contributed by atoms with van der Waals surface area (Å²) in [5.41, 5.74) is 20.5. The third-order valence-electron chi connectivity index (χ3n) is 11.7. The number of para-hydroxylation sites is 1. The molecule has 1 heterocycles. The largest absolute Gasteiger partial charge is 0.388 e. The molecular weight excluding hydrogens is 653 g/mol. The van der Waals surface area contributed by atoms with Gasteiger partial charge in [-0.2, -0.15) is 4.58 Å². The number of nitrogens with zero attached hydrogens (tertiary/aromatic N) is 1. The van der Waals surface area contributed by atoms with Crippen molar-refractivity contribution < 1.29 is 0 Å². The zero-order chi connectivity index (χ0) is 35.8. The van der Waals surface area contributed by atoms with Gasteiger partial charge in [-0.1, -0.05) is 133 Å². The summed E-state index contributed by atoms with van der Waals surface area (Å²) in [6, 6.07) is 60.6. The molecule has 0 aromatic heterocycles. The van der Waals surface area contributed by atoms with Crippen molar-refractivity contribution in [2.75, 3.05) is 7.05 Å². The molecule has 1 aliphatic heterocycles. The second kappa shape index (κ2) is 12.1. The van der Waals surface area contributed by atoms with Gasteiger partial charge in [-0.3, -0.25) is 0 Å². The van der Waals surface area contributed by atoms with E-state index in [-0.39, 0.29) is 0 Å². The van der Waals surface area contributed by atoms with Crippen LogP contribution < -0.4 is 9.89 Å². The van der Waals surface area contributed by atoms with E-state index in [2.05, 4.69) is 186 Å². The Morgan fingerprint density at radius 1 is 0.463 bits per heavy atom. The van der Waals surface area contributed by atoms with Gasteiger partial charge in [0.25, 0.3) is 0 Å². The number of hydrogen-bond acceptors (Lipinski definition) is 1. The van der Waals surface area contributed by atoms with Crippen LogP contribution in [-0.4, -0.2) is 12.8 Å². The molecule has 54 heavy (non-hydrogen) atoms. The first kappa shape index (κ1) is 30.8. The quantitative estimate of drug-likeness (QED) is 0.172. The summed E-state index contributed by atoms with van der Waals surface area (Å²) < 4.78 is 2.44. The van der Waals surface area contributed by atoms with Gasteiger partial charge in [-0.05, 0) is 114 Å². The van der Waals surface area contributed by atoms with Crippen LogP contribution in [-0.2, 0) is 0 Å². The van der Waals surface area contributed by atoms with E-state index in [4.69, 9.17) is 0 Å². The first-order valence-electron chi connectivity index (χ1n) is 19.0. The minimum absolute atomic E-state index is 1.03. The normalized spacial score (nSPS) is 14.0. The number of benzene rings is 8. The lowest BCUT2D eigenvalue weighted by atomic mass is 9.82. The van der Waals surface area contributed by atoms with Crippen molar-refractivity contribution in [3.05, 3.63) is 193 Å². The van der Waals surface area contributed by atoms with Gasteiger partial charge >= 0.3 is 0 Å². The number of rotatable bonds is 6. The number of fused-ring (bicyclic) bond motifs is 5. The van der Waals surface area contributed by atoms with Crippen LogP contribution in [0.4, 0.5) is 11.4 Å². The summed E-state index contributed by atoms with van der Waals surface area (Å²) in [5, 5.41) is 8.65. The average molecular weight is 690 g/mol. The van der Waals surface area contributed by atoms with Crippen molar-refractivity contribution in [2.45, 2.75) is 12.8 Å². The average Bonchev–Trinajstić information content (AvgIpc) is 3.56. The topological polar surface area (TPSA) is 15.0 Å². The fraction of sp³-hybridized carbons (Fsp3) is 0.0577. The molecule has 2 heteroatoms. The van der Waals surface area contributed by atoms with Crippen LogP contribution in [0.5, 0.6) is 0 Å². The van der Waals surface area contributed by atoms with Crippen LogP contribution in [0.15, 0.2) is 187 Å². The summed E-state index contributed by atoms with van der Waals surface area (Å²) >= 11 is 0. The zero-order valence-electron chi connectivity index (χ0n) is 30.1. The van der Waals surface area contributed by atoms with Gasteiger partial charge in [-0.25, -0.2) is 0 Å². The van der Waals surface area contributed by atoms with E-state index in [1.54, 1.807) is 0 Å². The minimum Gasteiger partial charge on any atom is -0.388 e. The molecule has 8 aromatic carbocycles. The van der Waals surface area contributed by atoms with Crippen molar-refractivity contribution in [2.24, 2.45) is 0 Å². The highest BCUT2D eigenvalue weighted by Gasteiger charge is 2.40. The van der Waals surface area contributed by atoms with Gasteiger partial charge in [0, 0.05) is 36.5 Å². The molecule has 0 bridgehead atoms. The molecule has 8 aromatic rings. The summed E-state index contributed by atoms with van der Waals surface area (Å²) in [5.74, 6) is 0. The van der Waals surface area contributed by atoms with Crippen molar-refractivity contribution in [3.8, 4) is 55.6 Å². The fourth-order valence-corrected chi connectivity index (χ4v) is 9.42. The van der Waals surface area contributed by atoms with E-state index >= 15 is 0 Å². The van der Waals surface area contributed by atoms with E-state index < -0.39 is 0 Å². The molecule has 0 saturated heterocycles. The SMILES string of the molecule is CNC1=C(C2=[N+](c3ccc(-c4ccc5c6c(cccc46)-c4c-5c(-c5ccccc5)c5ccccc5c4-c4ccccc4)cc3)c3ccccc32)CCC=C1. The van der Waals surface area contributed by atoms with Gasteiger partial charge in [0.1, 0.15) is 5.56 Å². The van der Waals surface area contributed by atoms with Gasteiger partial charge in [0.2, 0.25) is 17.1 Å². The Hall–Kier alpha value is -6.77. The number of hydrogen-bond donors (Lipinski definition) is 1. The summed E-state index contributed by atoms with van der Waals surface area (Å²) in [4.78, 5) is 0. The fourth-order valence-electron chi connectivity index (χ4n) is 9.42. The minimum atomic E-state index is 1.03. The Morgan fingerprint density at radius 3 is 1.72 bits per heavy atom. The van der Waals surface area contributed by atoms with Crippen LogP contribution in [0, 0.1) is 0 Å². The molecule has 11 rings (SSSR count). The summed E-state index contributed by atoms with van der Waals surface area (Å²) in [7, 11) is 2.03. The lowest BCUT2D eigenvalue weighted by Gasteiger charge is -2.24. The molecule has 0 fully saturated rings. The summed E-state index contributed by atoms with van der Waals surface area (Å²) in [6.07, 6.45) is 6.59. The molecule has 0 spiro atoms. The molecular formula is C52H37N2+. The van der Waals surface area contributed by atoms with Crippen LogP contribution in [0.1, 0.15) is 18.4 Å². The molecule has 0 unspecified atom stereocenters. The molecule has 1 N–H and O–H groups in total. The predicted octanol–water partition coefficient (Wildman–Crippen LogP) is 13.1. The Labute approximate surface area is 315 Å². The monoisotopic (exact) mass is 689 g/mol. The van der Waals surface area contributed by atoms with E-state index in [0.717, 1.165) is 12.8 Å². The van der Waals surface area contributed by atoms with Gasteiger partial charge in [0.15, 0.2) is 0 Å². The van der Waals surface area contributed by atoms with E-state index in [9.17, 15) is 0 Å². The van der Waals surface area contributed by atoms with Crippen LogP contribution in [0.3, 0.4) is 0 Å². The highest BCUT2D eigenvalue weighted by molar-refractivity contribution is 6.29. The Bertz CT molecular complexity index is 2840. The highest BCUT2D eigenvalue weighted by atomic mass is 15.1. The molecule has 2 aliphatic carbocycles. The molecule has 0 amide bonds. The standard InChI is InChI=1S/C52H36N2/c1-53-45-25-12-10-21-41(45)52-42-22-11-13-26-46(42)54(52)36-29-27-33(28-30-36)37-31-32-44-49-38(37)23-14-24-43(49)50-47(34-15-4-2-5-16-34)39-19-8-9-20-40(39)48(51(44)50)35-17-6-3-7-18-35/h2-9,11-20,22-32H,10,21H2,1H3/p+1. The Balaban J connectivity index is 1.11. The molecule has 0 atom stereocenters. The maximum absolute atomic E-state index is 3.45. The first-order valence-corrected chi connectivity index (χ1v) is 19.0. The maximum atomic E-state index is 3.45. The van der Waals surface area contributed by atoms with Crippen LogP contribution >= 0.6 is 0 Å². The molecule has 0 radical (unpaired) electrons. The third kappa shape index (κ3) is 4.44. The van der Waals surface area contributed by atoms with E-state index in [1.807, 2.05) is 7.05 Å². The Kier molecular flexibility index (Phi) is 6.93. The lowest BCUT2D eigenvalue weighted by molar-refractivity contribution is 0.897. The molecule has 254 valence electrons. The van der Waals surface area contributed by atoms with Crippen molar-refractivity contribution in [3.63, 3.8) is 0 Å². The summed E-state index contributed by atoms with van der Waals surface area (Å²) in [6.45, 7) is 0. The van der Waals surface area contributed by atoms with Gasteiger partial charge in [-0.15, -0.1) is 0 Å². The smallest absolute Gasteiger partial charge is 0.231 e. The van der Waals surface area contributed by atoms with Crippen molar-refractivity contribution >= 4 is 38.6 Å². The Morgan fingerprint density at radius 2 is 1.04 bits per heavy atom. The van der Waals surface area contributed by atoms with Crippen LogP contribution in [0.2, 0.25) is 0 Å². The lowest BCUT2D eigenvalue weighted by Crippen LogP contribution is -2.32. The van der Waals surface area contributed by atoms with Gasteiger partial charge in [0.05, 0.1) is 0 Å². The molecule has 3 aliphatic rings. The van der Waals surface area contributed by atoms with E-state index in [1.165, 1.54) is 111 Å². The maximum Gasteiger partial charge on any atom is 0.231 e. The van der Waals surface area contributed by atoms with Gasteiger partial charge < -0.3 is 5.32 Å². The van der Waals surface area contributed by atoms with E-state index in [0.29, 0.717) is 0 Å². The first-order chi connectivity index (χ1) is 26.8. The second-order valence-electron chi connectivity index (χ2n) is 14.5. The molecule has 0 saturated carbocycles. The van der Waals surface area contributed by atoms with Crippen molar-refractivity contribution in [1.82, 2.24) is 9.89 Å². The molecule has 2 nitrogen and oxygen atoms in total. The number of likely N-dealkylation sites (N-methyl/N-ethyl adjacent to an activating group) is 1. The second-order valence-corrected chi connectivity index (χ2v) is 14.5. The van der Waals surface area contributed by atoms with Crippen LogP contribution in [0.25, 0.3) is 77.2 Å². The predicted molar refractivity (Wildman–Crippen MR) is 229 cm³/mol. The number of nitrogens with one attached hydrogen (secondary N) is 1. The zero-order valence-corrected chi connectivity index (χ0v) is 30.1. The van der Waals surface area contributed by atoms with Crippen molar-refractivity contribution in [1.29, 1.82) is 0 Å². The number of allylic oxidation sites excluding steroid dienone is 3.